The molecule has 0 spiro atoms. The fraction of sp³-hybridized carbons (Fsp3) is 0.150. The Hall–Kier alpha value is -1.97. The molecule has 0 aromatic heterocycles. The van der Waals surface area contributed by atoms with Crippen molar-refractivity contribution in [2.24, 2.45) is 0 Å². The van der Waals surface area contributed by atoms with E-state index >= 15 is 0 Å². The Morgan fingerprint density at radius 1 is 1.13 bits per heavy atom. The predicted octanol–water partition coefficient (Wildman–Crippen LogP) is 4.68. The smallest absolute Gasteiger partial charge is 0.190 e. The molecule has 118 valence electrons. The molecule has 0 fully saturated rings. The summed E-state index contributed by atoms with van der Waals surface area (Å²) in [6.07, 6.45) is 1.92. The van der Waals surface area contributed by atoms with Crippen LogP contribution in [0.2, 0.25) is 0 Å². The van der Waals surface area contributed by atoms with Crippen LogP contribution in [0.3, 0.4) is 0 Å². The maximum atomic E-state index is 12.9. The van der Waals surface area contributed by atoms with Gasteiger partial charge >= 0.3 is 0 Å². The number of ketones is 1. The zero-order chi connectivity index (χ0) is 16.8. The van der Waals surface area contributed by atoms with Crippen LogP contribution in [0.1, 0.15) is 11.1 Å². The lowest BCUT2D eigenvalue weighted by molar-refractivity contribution is -0.110. The van der Waals surface area contributed by atoms with Crippen molar-refractivity contribution in [1.29, 1.82) is 0 Å². The van der Waals surface area contributed by atoms with E-state index in [4.69, 9.17) is 0 Å². The molecule has 3 heteroatoms. The van der Waals surface area contributed by atoms with Crippen LogP contribution in [0.25, 0.3) is 11.6 Å². The third kappa shape index (κ3) is 5.02. The second kappa shape index (κ2) is 8.04. The first-order valence-electron chi connectivity index (χ1n) is 7.37. The van der Waals surface area contributed by atoms with Crippen molar-refractivity contribution < 1.29 is 4.79 Å². The molecule has 0 saturated carbocycles. The number of rotatable bonds is 6. The van der Waals surface area contributed by atoms with Gasteiger partial charge in [-0.2, -0.15) is 0 Å². The van der Waals surface area contributed by atoms with Crippen molar-refractivity contribution >= 4 is 33.4 Å². The predicted molar refractivity (Wildman–Crippen MR) is 101 cm³/mol. The lowest BCUT2D eigenvalue weighted by Gasteiger charge is -2.14. The maximum Gasteiger partial charge on any atom is 0.190 e. The molecule has 2 nitrogen and oxygen atoms in total. The fourth-order valence-electron chi connectivity index (χ4n) is 2.30. The molecule has 0 saturated heterocycles. The Kier molecular flexibility index (Phi) is 6.08. The van der Waals surface area contributed by atoms with Crippen molar-refractivity contribution in [1.82, 2.24) is 4.90 Å². The number of carbonyl (C=O) groups excluding carboxylic acids is 1. The number of likely N-dealkylation sites (N-methyl/N-ethyl adjacent to an activating group) is 1. The molecule has 0 heterocycles. The normalized spacial score (nSPS) is 11.6. The summed E-state index contributed by atoms with van der Waals surface area (Å²) in [7, 11) is 3.86. The molecule has 0 aliphatic carbocycles. The first-order valence-corrected chi connectivity index (χ1v) is 8.16. The number of nitrogens with zero attached hydrogens (tertiary/aromatic N) is 1. The highest BCUT2D eigenvalue weighted by Gasteiger charge is 2.16. The molecule has 2 aromatic rings. The number of benzene rings is 2. The van der Waals surface area contributed by atoms with Gasteiger partial charge in [0.2, 0.25) is 0 Å². The van der Waals surface area contributed by atoms with Crippen molar-refractivity contribution in [3.63, 3.8) is 0 Å². The zero-order valence-electron chi connectivity index (χ0n) is 13.4. The molecule has 0 atom stereocenters. The van der Waals surface area contributed by atoms with E-state index in [9.17, 15) is 4.79 Å². The number of hydrogen-bond donors (Lipinski definition) is 0. The van der Waals surface area contributed by atoms with Crippen LogP contribution in [0.5, 0.6) is 0 Å². The van der Waals surface area contributed by atoms with Crippen LogP contribution in [0, 0.1) is 0 Å². The summed E-state index contributed by atoms with van der Waals surface area (Å²) in [5.74, 6) is -0.0233. The van der Waals surface area contributed by atoms with E-state index in [1.54, 1.807) is 0 Å². The Morgan fingerprint density at radius 2 is 1.83 bits per heavy atom. The lowest BCUT2D eigenvalue weighted by Crippen LogP contribution is -2.19. The molecule has 2 aromatic carbocycles. The summed E-state index contributed by atoms with van der Waals surface area (Å²) in [6.45, 7) is 4.50. The van der Waals surface area contributed by atoms with Crippen LogP contribution >= 0.6 is 15.9 Å². The SMILES string of the molecule is C=C(CN(C)C)C(=O)/C(=C\c1cccc(Br)c1)c1ccccc1. The lowest BCUT2D eigenvalue weighted by atomic mass is 9.95. The van der Waals surface area contributed by atoms with Crippen LogP contribution in [0.4, 0.5) is 0 Å². The van der Waals surface area contributed by atoms with Gasteiger partial charge in [-0.3, -0.25) is 4.79 Å². The van der Waals surface area contributed by atoms with E-state index in [0.29, 0.717) is 17.7 Å². The largest absolute Gasteiger partial charge is 0.305 e. The van der Waals surface area contributed by atoms with Gasteiger partial charge in [0.15, 0.2) is 5.78 Å². The third-order valence-electron chi connectivity index (χ3n) is 3.32. The van der Waals surface area contributed by atoms with Gasteiger partial charge in [0, 0.05) is 22.2 Å². The molecule has 0 radical (unpaired) electrons. The Bertz CT molecular complexity index is 732. The average molecular weight is 370 g/mol. The average Bonchev–Trinajstić information content (AvgIpc) is 2.52. The first kappa shape index (κ1) is 17.4. The molecule has 0 bridgehead atoms. The van der Waals surface area contributed by atoms with E-state index in [-0.39, 0.29) is 5.78 Å². The zero-order valence-corrected chi connectivity index (χ0v) is 15.0. The molecule has 0 aliphatic heterocycles. The maximum absolute atomic E-state index is 12.9. The Morgan fingerprint density at radius 3 is 2.43 bits per heavy atom. The van der Waals surface area contributed by atoms with Crippen molar-refractivity contribution in [3.05, 3.63) is 82.3 Å². The number of Topliss-reactive ketones (excluding diaryl/α,β-unsaturated/α-hetero) is 1. The summed E-state index contributed by atoms with van der Waals surface area (Å²) < 4.78 is 0.984. The minimum Gasteiger partial charge on any atom is -0.305 e. The highest BCUT2D eigenvalue weighted by molar-refractivity contribution is 9.10. The summed E-state index contributed by atoms with van der Waals surface area (Å²) in [6, 6.07) is 17.6. The summed E-state index contributed by atoms with van der Waals surface area (Å²) in [4.78, 5) is 14.8. The van der Waals surface area contributed by atoms with E-state index in [1.807, 2.05) is 79.7 Å². The second-order valence-electron chi connectivity index (χ2n) is 5.65. The first-order chi connectivity index (χ1) is 11.0. The molecule has 2 rings (SSSR count). The van der Waals surface area contributed by atoms with Gasteiger partial charge in [-0.15, -0.1) is 0 Å². The van der Waals surface area contributed by atoms with Gasteiger partial charge in [-0.25, -0.2) is 0 Å². The number of hydrogen-bond acceptors (Lipinski definition) is 2. The molecule has 0 N–H and O–H groups in total. The number of carbonyl (C=O) groups is 1. The van der Waals surface area contributed by atoms with Crippen LogP contribution in [0.15, 0.2) is 71.2 Å². The molecule has 23 heavy (non-hydrogen) atoms. The van der Waals surface area contributed by atoms with Crippen molar-refractivity contribution in [3.8, 4) is 0 Å². The number of halogens is 1. The highest BCUT2D eigenvalue weighted by atomic mass is 79.9. The van der Waals surface area contributed by atoms with Gasteiger partial charge in [-0.05, 0) is 43.4 Å². The van der Waals surface area contributed by atoms with E-state index in [0.717, 1.165) is 15.6 Å². The van der Waals surface area contributed by atoms with Gasteiger partial charge in [-0.1, -0.05) is 65.0 Å². The molecule has 0 amide bonds. The summed E-state index contributed by atoms with van der Waals surface area (Å²) in [5.41, 5.74) is 3.12. The van der Waals surface area contributed by atoms with Gasteiger partial charge < -0.3 is 4.90 Å². The summed E-state index contributed by atoms with van der Waals surface area (Å²) in [5, 5.41) is 0. The van der Waals surface area contributed by atoms with E-state index < -0.39 is 0 Å². The Labute approximate surface area is 146 Å². The minimum absolute atomic E-state index is 0.0233. The Balaban J connectivity index is 2.44. The monoisotopic (exact) mass is 369 g/mol. The van der Waals surface area contributed by atoms with Gasteiger partial charge in [0.1, 0.15) is 0 Å². The molecular weight excluding hydrogens is 350 g/mol. The van der Waals surface area contributed by atoms with Crippen LogP contribution < -0.4 is 0 Å². The van der Waals surface area contributed by atoms with Crippen LogP contribution in [-0.4, -0.2) is 31.3 Å². The third-order valence-corrected chi connectivity index (χ3v) is 3.81. The minimum atomic E-state index is -0.0233. The molecule has 0 aliphatic rings. The highest BCUT2D eigenvalue weighted by Crippen LogP contribution is 2.23. The molecule has 0 unspecified atom stereocenters. The fourth-order valence-corrected chi connectivity index (χ4v) is 2.72. The second-order valence-corrected chi connectivity index (χ2v) is 6.57. The molecular formula is C20H20BrNO. The number of allylic oxidation sites excluding steroid dienone is 1. The van der Waals surface area contributed by atoms with E-state index in [2.05, 4.69) is 22.5 Å². The van der Waals surface area contributed by atoms with Gasteiger partial charge in [0.25, 0.3) is 0 Å². The van der Waals surface area contributed by atoms with E-state index in [1.165, 1.54) is 0 Å². The summed E-state index contributed by atoms with van der Waals surface area (Å²) >= 11 is 3.47. The van der Waals surface area contributed by atoms with Crippen molar-refractivity contribution in [2.75, 3.05) is 20.6 Å². The topological polar surface area (TPSA) is 20.3 Å². The standard InChI is InChI=1S/C20H20BrNO/c1-15(14-22(2)3)20(23)19(17-9-5-4-6-10-17)13-16-8-7-11-18(21)12-16/h4-13H,1,14H2,2-3H3/b19-13-. The van der Waals surface area contributed by atoms with Crippen molar-refractivity contribution in [2.45, 2.75) is 0 Å². The quantitative estimate of drug-likeness (QED) is 0.544. The van der Waals surface area contributed by atoms with Crippen LogP contribution in [-0.2, 0) is 4.79 Å². The van der Waals surface area contributed by atoms with Gasteiger partial charge in [0.05, 0.1) is 0 Å².